The number of hydrogen-bond acceptors (Lipinski definition) is 7. The van der Waals surface area contributed by atoms with Gasteiger partial charge in [0, 0.05) is 19.2 Å². The van der Waals surface area contributed by atoms with Gasteiger partial charge in [-0.2, -0.15) is 5.06 Å². The van der Waals surface area contributed by atoms with E-state index in [1.54, 1.807) is 24.3 Å². The number of hydrogen-bond donors (Lipinski definition) is 1. The monoisotopic (exact) mass is 312 g/mol. The van der Waals surface area contributed by atoms with Gasteiger partial charge in [0.2, 0.25) is 0 Å². The lowest BCUT2D eigenvalue weighted by molar-refractivity contribution is -0.384. The third-order valence-corrected chi connectivity index (χ3v) is 3.50. The van der Waals surface area contributed by atoms with Crippen LogP contribution in [0.1, 0.15) is 12.0 Å². The van der Waals surface area contributed by atoms with Crippen LogP contribution in [0, 0.1) is 10.1 Å². The second-order valence-corrected chi connectivity index (χ2v) is 5.06. The second kappa shape index (κ2) is 8.16. The quantitative estimate of drug-likeness (QED) is 0.436. The summed E-state index contributed by atoms with van der Waals surface area (Å²) in [5.41, 5.74) is 0.870. The fourth-order valence-corrected chi connectivity index (χ4v) is 2.33. The van der Waals surface area contributed by atoms with E-state index in [1.807, 2.05) is 0 Å². The average Bonchev–Trinajstić information content (AvgIpc) is 2.93. The number of nitro benzene ring substituents is 1. The lowest BCUT2D eigenvalue weighted by atomic mass is 10.2. The molecule has 0 saturated carbocycles. The summed E-state index contributed by atoms with van der Waals surface area (Å²) in [6, 6.07) is 6.06. The molecule has 1 fully saturated rings. The fraction of sp³-hybridized carbons (Fsp3) is 0.571. The predicted molar refractivity (Wildman–Crippen MR) is 76.8 cm³/mol. The Morgan fingerprint density at radius 1 is 1.41 bits per heavy atom. The molecule has 0 spiro atoms. The molecule has 22 heavy (non-hydrogen) atoms. The van der Waals surface area contributed by atoms with Crippen LogP contribution >= 0.6 is 0 Å². The number of aliphatic hydroxyl groups excluding tert-OH is 1. The first-order valence-corrected chi connectivity index (χ1v) is 6.98. The fourth-order valence-electron chi connectivity index (χ4n) is 2.33. The van der Waals surface area contributed by atoms with Crippen LogP contribution < -0.4 is 0 Å². The van der Waals surface area contributed by atoms with Crippen LogP contribution in [0.25, 0.3) is 0 Å². The summed E-state index contributed by atoms with van der Waals surface area (Å²) in [7, 11) is 1.56. The van der Waals surface area contributed by atoms with Crippen LogP contribution in [-0.2, 0) is 20.9 Å². The van der Waals surface area contributed by atoms with Gasteiger partial charge in [-0.15, -0.1) is 0 Å². The molecule has 0 radical (unpaired) electrons. The van der Waals surface area contributed by atoms with E-state index in [9.17, 15) is 15.2 Å². The largest absolute Gasteiger partial charge is 0.395 e. The standard InChI is InChI=1S/C14H20N2O6/c1-20-10-21-14-6-13(8-17)15(7-14)22-9-11-2-4-12(5-3-11)16(18)19/h2-5,13-14,17H,6-10H2,1H3. The molecule has 1 heterocycles. The number of nitrogens with zero attached hydrogens (tertiary/aromatic N) is 2. The first-order valence-electron chi connectivity index (χ1n) is 6.98. The number of aliphatic hydroxyl groups is 1. The van der Waals surface area contributed by atoms with Crippen molar-refractivity contribution >= 4 is 5.69 Å². The summed E-state index contributed by atoms with van der Waals surface area (Å²) in [5.74, 6) is 0. The van der Waals surface area contributed by atoms with Crippen LogP contribution in [0.3, 0.4) is 0 Å². The van der Waals surface area contributed by atoms with Gasteiger partial charge in [0.25, 0.3) is 5.69 Å². The zero-order chi connectivity index (χ0) is 15.9. The second-order valence-electron chi connectivity index (χ2n) is 5.06. The van der Waals surface area contributed by atoms with E-state index < -0.39 is 4.92 Å². The van der Waals surface area contributed by atoms with Crippen molar-refractivity contribution in [1.82, 2.24) is 5.06 Å². The highest BCUT2D eigenvalue weighted by Crippen LogP contribution is 2.22. The van der Waals surface area contributed by atoms with Crippen molar-refractivity contribution in [3.63, 3.8) is 0 Å². The van der Waals surface area contributed by atoms with Crippen LogP contribution in [0.5, 0.6) is 0 Å². The van der Waals surface area contributed by atoms with Crippen molar-refractivity contribution < 1.29 is 24.3 Å². The van der Waals surface area contributed by atoms with Gasteiger partial charge in [-0.05, 0) is 24.1 Å². The van der Waals surface area contributed by atoms with Gasteiger partial charge in [-0.1, -0.05) is 0 Å². The predicted octanol–water partition coefficient (Wildman–Crippen LogP) is 1.08. The highest BCUT2D eigenvalue weighted by molar-refractivity contribution is 5.32. The summed E-state index contributed by atoms with van der Waals surface area (Å²) in [5, 5.41) is 21.7. The van der Waals surface area contributed by atoms with E-state index in [-0.39, 0.29) is 37.8 Å². The molecule has 1 saturated heterocycles. The molecule has 1 aromatic rings. The van der Waals surface area contributed by atoms with Gasteiger partial charge in [0.05, 0.1) is 36.8 Å². The molecule has 8 nitrogen and oxygen atoms in total. The van der Waals surface area contributed by atoms with Gasteiger partial charge < -0.3 is 14.6 Å². The summed E-state index contributed by atoms with van der Waals surface area (Å²) in [4.78, 5) is 15.8. The van der Waals surface area contributed by atoms with Crippen molar-refractivity contribution in [2.75, 3.05) is 27.1 Å². The molecule has 1 N–H and O–H groups in total. The maximum Gasteiger partial charge on any atom is 0.269 e. The highest BCUT2D eigenvalue weighted by atomic mass is 16.7. The molecular weight excluding hydrogens is 292 g/mol. The van der Waals surface area contributed by atoms with Crippen LogP contribution in [0.15, 0.2) is 24.3 Å². The lowest BCUT2D eigenvalue weighted by Gasteiger charge is -2.21. The van der Waals surface area contributed by atoms with Gasteiger partial charge in [0.15, 0.2) is 0 Å². The molecule has 0 bridgehead atoms. The normalized spacial score (nSPS) is 22.1. The summed E-state index contributed by atoms with van der Waals surface area (Å²) >= 11 is 0. The van der Waals surface area contributed by atoms with Crippen LogP contribution in [-0.4, -0.2) is 54.3 Å². The van der Waals surface area contributed by atoms with E-state index in [0.717, 1.165) is 5.56 Å². The summed E-state index contributed by atoms with van der Waals surface area (Å²) in [6.45, 7) is 1.01. The molecule has 0 amide bonds. The number of non-ortho nitro benzene ring substituents is 1. The van der Waals surface area contributed by atoms with Crippen molar-refractivity contribution in [2.24, 2.45) is 0 Å². The number of ether oxygens (including phenoxy) is 2. The van der Waals surface area contributed by atoms with Crippen molar-refractivity contribution in [3.05, 3.63) is 39.9 Å². The molecule has 1 aromatic carbocycles. The topological polar surface area (TPSA) is 94.3 Å². The van der Waals surface area contributed by atoms with Gasteiger partial charge in [-0.25, -0.2) is 0 Å². The molecule has 2 unspecified atom stereocenters. The maximum atomic E-state index is 10.6. The number of benzene rings is 1. The summed E-state index contributed by atoms with van der Waals surface area (Å²) < 4.78 is 10.3. The zero-order valence-electron chi connectivity index (χ0n) is 12.4. The summed E-state index contributed by atoms with van der Waals surface area (Å²) in [6.07, 6.45) is 0.620. The number of hydroxylamine groups is 2. The van der Waals surface area contributed by atoms with Gasteiger partial charge in [-0.3, -0.25) is 15.0 Å². The molecule has 1 aliphatic heterocycles. The van der Waals surface area contributed by atoms with E-state index in [2.05, 4.69) is 0 Å². The smallest absolute Gasteiger partial charge is 0.269 e. The SMILES string of the molecule is COCOC1CC(CO)N(OCc2ccc([N+](=O)[O-])cc2)C1. The third kappa shape index (κ3) is 4.46. The Hall–Kier alpha value is -1.58. The van der Waals surface area contributed by atoms with Crippen molar-refractivity contribution in [3.8, 4) is 0 Å². The third-order valence-electron chi connectivity index (χ3n) is 3.50. The van der Waals surface area contributed by atoms with Gasteiger partial charge in [0.1, 0.15) is 6.79 Å². The molecule has 2 atom stereocenters. The van der Waals surface area contributed by atoms with E-state index >= 15 is 0 Å². The van der Waals surface area contributed by atoms with E-state index in [0.29, 0.717) is 13.0 Å². The minimum atomic E-state index is -0.440. The Kier molecular flexibility index (Phi) is 6.22. The van der Waals surface area contributed by atoms with E-state index in [1.165, 1.54) is 12.1 Å². The molecule has 2 rings (SSSR count). The maximum absolute atomic E-state index is 10.6. The van der Waals surface area contributed by atoms with Gasteiger partial charge >= 0.3 is 0 Å². The average molecular weight is 312 g/mol. The minimum Gasteiger partial charge on any atom is -0.395 e. The lowest BCUT2D eigenvalue weighted by Crippen LogP contribution is -2.32. The first-order chi connectivity index (χ1) is 10.6. The first kappa shape index (κ1) is 16.8. The minimum absolute atomic E-state index is 0.0207. The molecule has 0 aliphatic carbocycles. The van der Waals surface area contributed by atoms with Crippen molar-refractivity contribution in [1.29, 1.82) is 0 Å². The highest BCUT2D eigenvalue weighted by Gasteiger charge is 2.33. The number of methoxy groups -OCH3 is 1. The Balaban J connectivity index is 1.85. The number of nitro groups is 1. The Morgan fingerprint density at radius 3 is 2.73 bits per heavy atom. The van der Waals surface area contributed by atoms with E-state index in [4.69, 9.17) is 14.3 Å². The molecule has 1 aliphatic rings. The molecule has 122 valence electrons. The Labute approximate surface area is 128 Å². The Morgan fingerprint density at radius 2 is 2.14 bits per heavy atom. The zero-order valence-corrected chi connectivity index (χ0v) is 12.4. The number of rotatable bonds is 8. The van der Waals surface area contributed by atoms with Crippen LogP contribution in [0.4, 0.5) is 5.69 Å². The Bertz CT molecular complexity index is 481. The molecule has 0 aromatic heterocycles. The van der Waals surface area contributed by atoms with Crippen molar-refractivity contribution in [2.45, 2.75) is 25.2 Å². The van der Waals surface area contributed by atoms with Crippen LogP contribution in [0.2, 0.25) is 0 Å². The molecule has 8 heteroatoms. The molecular formula is C14H20N2O6.